The molecule has 5 nitrogen and oxygen atoms in total. The van der Waals surface area contributed by atoms with Gasteiger partial charge in [0, 0.05) is 22.1 Å². The average Bonchev–Trinajstić information content (AvgIpc) is 3.60. The molecule has 5 heterocycles. The minimum absolute atomic E-state index is 0.0903. The van der Waals surface area contributed by atoms with Crippen LogP contribution >= 0.6 is 0 Å². The summed E-state index contributed by atoms with van der Waals surface area (Å²) in [6.07, 6.45) is 8.09. The second-order valence-electron chi connectivity index (χ2n) is 7.94. The topological polar surface area (TPSA) is 74.4 Å². The Bertz CT molecular complexity index is 1420. The molecule has 6 rings (SSSR count). The SMILES string of the molecule is C1=Cc2cc3ccc(cc4nc(cc5ccc(cc1n2)[nH]5)C=C4)[nH]3.CC(=O)c1cc[c]([Co])cc1. The van der Waals surface area contributed by atoms with Gasteiger partial charge in [0.15, 0.2) is 0 Å². The van der Waals surface area contributed by atoms with Crippen molar-refractivity contribution in [1.29, 1.82) is 0 Å². The van der Waals surface area contributed by atoms with Crippen LogP contribution in [-0.2, 0) is 15.7 Å². The van der Waals surface area contributed by atoms with E-state index in [9.17, 15) is 4.79 Å². The number of carbonyl (C=O) groups is 1. The van der Waals surface area contributed by atoms with Crippen LogP contribution in [0, 0.1) is 0 Å². The molecule has 4 aromatic rings. The Kier molecular flexibility index (Phi) is 6.08. The molecule has 0 aliphatic carbocycles. The molecule has 0 radical (unpaired) electrons. The molecule has 0 saturated carbocycles. The number of aromatic amines is 2. The summed E-state index contributed by atoms with van der Waals surface area (Å²) in [5, 5.41) is 0. The van der Waals surface area contributed by atoms with E-state index in [-0.39, 0.29) is 5.78 Å². The summed E-state index contributed by atoms with van der Waals surface area (Å²) >= 11 is 4.14. The summed E-state index contributed by atoms with van der Waals surface area (Å²) in [6.45, 7) is 1.55. The van der Waals surface area contributed by atoms with Gasteiger partial charge in [-0.25, -0.2) is 9.97 Å². The van der Waals surface area contributed by atoms with Crippen LogP contribution in [0.4, 0.5) is 0 Å². The first-order valence-electron chi connectivity index (χ1n) is 10.8. The van der Waals surface area contributed by atoms with Gasteiger partial charge in [0.1, 0.15) is 0 Å². The van der Waals surface area contributed by atoms with E-state index in [0.717, 1.165) is 54.9 Å². The first-order chi connectivity index (χ1) is 16.5. The second-order valence-corrected chi connectivity index (χ2v) is 8.54. The second kappa shape index (κ2) is 9.47. The molecule has 168 valence electrons. The molecule has 2 aliphatic rings. The molecule has 2 N–H and O–H groups in total. The molecule has 1 aromatic carbocycles. The van der Waals surface area contributed by atoms with E-state index in [4.69, 9.17) is 0 Å². The van der Waals surface area contributed by atoms with Gasteiger partial charge in [-0.15, -0.1) is 0 Å². The number of rotatable bonds is 1. The van der Waals surface area contributed by atoms with Crippen LogP contribution in [0.5, 0.6) is 0 Å². The van der Waals surface area contributed by atoms with Crippen LogP contribution < -0.4 is 4.50 Å². The molecular formula is C28H21CoN4O. The molecule has 0 spiro atoms. The number of hydrogen-bond donors (Lipinski definition) is 2. The molecule has 6 heteroatoms. The predicted molar refractivity (Wildman–Crippen MR) is 135 cm³/mol. The number of benzene rings is 1. The number of Topliss-reactive ketones (excluding diaryl/α,β-unsaturated/α-hetero) is 1. The third kappa shape index (κ3) is 5.31. The number of nitrogens with zero attached hydrogens (tertiary/aromatic N) is 2. The van der Waals surface area contributed by atoms with Crippen molar-refractivity contribution in [1.82, 2.24) is 19.9 Å². The quantitative estimate of drug-likeness (QED) is 0.291. The third-order valence-corrected chi connectivity index (χ3v) is 5.62. The first-order valence-corrected chi connectivity index (χ1v) is 11.3. The standard InChI is InChI=1S/C20H14N4.C8H7O.Co/c1-2-14-10-16-5-6-18(23-16)12-20-8-7-19(24-20)11-17-4-3-15(22-17)9-13(1)21-14;1-7(9)8-5-3-2-4-6-8;/h1-12,21,24H;3-6H,1H3;. The van der Waals surface area contributed by atoms with E-state index in [1.807, 2.05) is 48.6 Å². The molecule has 0 atom stereocenters. The average molecular weight is 488 g/mol. The number of carbonyl (C=O) groups excluding carboxylic acids is 1. The summed E-state index contributed by atoms with van der Waals surface area (Å²) in [4.78, 5) is 26.8. The maximum absolute atomic E-state index is 10.7. The third-order valence-electron chi connectivity index (χ3n) is 5.28. The number of nitrogens with one attached hydrogen (secondary N) is 2. The fourth-order valence-corrected chi connectivity index (χ4v) is 3.79. The Labute approximate surface area is 204 Å². The number of hydrogen-bond acceptors (Lipinski definition) is 3. The number of fused-ring (bicyclic) bond motifs is 8. The molecule has 3 aromatic heterocycles. The van der Waals surface area contributed by atoms with Crippen LogP contribution in [0.15, 0.2) is 72.8 Å². The van der Waals surface area contributed by atoms with Gasteiger partial charge in [-0.05, 0) is 72.8 Å². The van der Waals surface area contributed by atoms with Crippen molar-refractivity contribution in [3.8, 4) is 0 Å². The van der Waals surface area contributed by atoms with E-state index in [1.54, 1.807) is 31.2 Å². The van der Waals surface area contributed by atoms with Crippen molar-refractivity contribution in [3.63, 3.8) is 0 Å². The summed E-state index contributed by atoms with van der Waals surface area (Å²) < 4.78 is 0.873. The number of H-pyrrole nitrogens is 2. The van der Waals surface area contributed by atoms with Crippen molar-refractivity contribution in [2.45, 2.75) is 6.92 Å². The van der Waals surface area contributed by atoms with E-state index in [1.165, 1.54) is 0 Å². The van der Waals surface area contributed by atoms with Gasteiger partial charge in [-0.2, -0.15) is 0 Å². The molecule has 34 heavy (non-hydrogen) atoms. The maximum atomic E-state index is 10.7. The fourth-order valence-electron chi connectivity index (χ4n) is 3.62. The predicted octanol–water partition coefficient (Wildman–Crippen LogP) is 5.72. The number of ketones is 1. The zero-order valence-electron chi connectivity index (χ0n) is 18.4. The molecule has 0 unspecified atom stereocenters. The van der Waals surface area contributed by atoms with Crippen molar-refractivity contribution in [2.24, 2.45) is 0 Å². The van der Waals surface area contributed by atoms with Crippen molar-refractivity contribution in [2.75, 3.05) is 0 Å². The first kappa shape index (κ1) is 21.8. The summed E-state index contributed by atoms with van der Waals surface area (Å²) in [6, 6.07) is 23.5. The van der Waals surface area contributed by atoms with Gasteiger partial charge in [-0.3, -0.25) is 0 Å². The number of aromatic nitrogens is 4. The minimum atomic E-state index is 0.0903. The van der Waals surface area contributed by atoms with Gasteiger partial charge in [0.05, 0.1) is 22.8 Å². The molecule has 8 bridgehead atoms. The zero-order chi connectivity index (χ0) is 23.5. The van der Waals surface area contributed by atoms with E-state index in [2.05, 4.69) is 59.9 Å². The Balaban J connectivity index is 0.000000204. The molecule has 0 fully saturated rings. The summed E-state index contributed by atoms with van der Waals surface area (Å²) in [5.41, 5.74) is 8.59. The van der Waals surface area contributed by atoms with Crippen LogP contribution in [-0.4, -0.2) is 25.7 Å². The van der Waals surface area contributed by atoms with Gasteiger partial charge in [0.25, 0.3) is 0 Å². The van der Waals surface area contributed by atoms with Gasteiger partial charge < -0.3 is 9.97 Å². The summed E-state index contributed by atoms with van der Waals surface area (Å²) in [5.74, 6) is 0.0903. The van der Waals surface area contributed by atoms with Gasteiger partial charge in [0.2, 0.25) is 0 Å². The van der Waals surface area contributed by atoms with E-state index >= 15 is 0 Å². The van der Waals surface area contributed by atoms with Crippen LogP contribution in [0.1, 0.15) is 40.1 Å². The van der Waals surface area contributed by atoms with Crippen LogP contribution in [0.2, 0.25) is 0 Å². The van der Waals surface area contributed by atoms with Gasteiger partial charge >= 0.3 is 67.6 Å². The van der Waals surface area contributed by atoms with Crippen LogP contribution in [0.3, 0.4) is 0 Å². The van der Waals surface area contributed by atoms with Crippen molar-refractivity contribution < 1.29 is 20.5 Å². The van der Waals surface area contributed by atoms with Crippen molar-refractivity contribution in [3.05, 3.63) is 101 Å². The van der Waals surface area contributed by atoms with E-state index in [0.29, 0.717) is 0 Å². The molecular weight excluding hydrogens is 467 g/mol. The Morgan fingerprint density at radius 1 is 0.618 bits per heavy atom. The molecule has 2 aliphatic heterocycles. The normalized spacial score (nSPS) is 11.7. The van der Waals surface area contributed by atoms with E-state index < -0.39 is 0 Å². The Morgan fingerprint density at radius 3 is 1.29 bits per heavy atom. The van der Waals surface area contributed by atoms with Crippen LogP contribution in [0.25, 0.3) is 46.4 Å². The Hall–Kier alpha value is -4.00. The molecule has 0 amide bonds. The molecule has 0 saturated heterocycles. The van der Waals surface area contributed by atoms with Gasteiger partial charge in [-0.1, -0.05) is 0 Å². The van der Waals surface area contributed by atoms with Crippen molar-refractivity contribution >= 4 is 56.7 Å². The zero-order valence-corrected chi connectivity index (χ0v) is 19.4. The fraction of sp³-hybridized carbons (Fsp3) is 0.0357. The summed E-state index contributed by atoms with van der Waals surface area (Å²) in [7, 11) is 0. The monoisotopic (exact) mass is 488 g/mol. The Morgan fingerprint density at radius 2 is 0.971 bits per heavy atom.